The van der Waals surface area contributed by atoms with Gasteiger partial charge in [0.2, 0.25) is 5.91 Å². The van der Waals surface area contributed by atoms with E-state index in [1.54, 1.807) is 0 Å². The van der Waals surface area contributed by atoms with Gasteiger partial charge in [-0.2, -0.15) is 0 Å². The minimum Gasteiger partial charge on any atom is -0.338 e. The summed E-state index contributed by atoms with van der Waals surface area (Å²) in [5.74, 6) is 0.928. The highest BCUT2D eigenvalue weighted by Gasteiger charge is 2.19. The maximum atomic E-state index is 12.6. The fourth-order valence-corrected chi connectivity index (χ4v) is 3.12. The maximum Gasteiger partial charge on any atom is 0.222 e. The summed E-state index contributed by atoms with van der Waals surface area (Å²) in [5, 5.41) is 4.11. The van der Waals surface area contributed by atoms with Gasteiger partial charge in [0.25, 0.3) is 0 Å². The van der Waals surface area contributed by atoms with Gasteiger partial charge in [0.05, 0.1) is 0 Å². The quantitative estimate of drug-likeness (QED) is 0.751. The molecule has 1 unspecified atom stereocenters. The van der Waals surface area contributed by atoms with Crippen molar-refractivity contribution in [2.75, 3.05) is 19.6 Å². The number of halogens is 2. The highest BCUT2D eigenvalue weighted by Crippen LogP contribution is 2.20. The largest absolute Gasteiger partial charge is 0.338 e. The summed E-state index contributed by atoms with van der Waals surface area (Å²) in [5.41, 5.74) is 1.04. The van der Waals surface area contributed by atoms with Crippen molar-refractivity contribution < 1.29 is 4.79 Å². The molecular weight excluding hydrogens is 331 g/mol. The van der Waals surface area contributed by atoms with Crippen molar-refractivity contribution in [3.63, 3.8) is 0 Å². The molecule has 0 radical (unpaired) electrons. The minimum atomic E-state index is 0. The minimum absolute atomic E-state index is 0. The first kappa shape index (κ1) is 20.3. The second-order valence-electron chi connectivity index (χ2n) is 6.16. The van der Waals surface area contributed by atoms with E-state index in [0.29, 0.717) is 18.9 Å². The molecule has 1 N–H and O–H groups in total. The van der Waals surface area contributed by atoms with Crippen molar-refractivity contribution in [3.8, 4) is 0 Å². The Kier molecular flexibility index (Phi) is 9.61. The van der Waals surface area contributed by atoms with Crippen LogP contribution in [0, 0.1) is 5.92 Å². The molecule has 2 rings (SSSR count). The van der Waals surface area contributed by atoms with E-state index in [-0.39, 0.29) is 18.3 Å². The Morgan fingerprint density at radius 1 is 1.39 bits per heavy atom. The fraction of sp³-hybridized carbons (Fsp3) is 0.611. The number of hydrogen-bond acceptors (Lipinski definition) is 2. The number of carbonyl (C=O) groups is 1. The number of carbonyl (C=O) groups excluding carboxylic acids is 1. The van der Waals surface area contributed by atoms with Crippen LogP contribution in [0.25, 0.3) is 0 Å². The van der Waals surface area contributed by atoms with E-state index < -0.39 is 0 Å². The molecular formula is C18H28Cl2N2O. The molecule has 1 amide bonds. The van der Waals surface area contributed by atoms with Crippen molar-refractivity contribution in [2.45, 2.75) is 45.6 Å². The fourth-order valence-electron chi connectivity index (χ4n) is 2.92. The number of hydrogen-bond donors (Lipinski definition) is 1. The van der Waals surface area contributed by atoms with Gasteiger partial charge >= 0.3 is 0 Å². The highest BCUT2D eigenvalue weighted by atomic mass is 35.5. The first-order valence-electron chi connectivity index (χ1n) is 8.42. The van der Waals surface area contributed by atoms with Crippen LogP contribution in [0.15, 0.2) is 24.3 Å². The first-order valence-corrected chi connectivity index (χ1v) is 8.80. The van der Waals surface area contributed by atoms with Gasteiger partial charge in [-0.15, -0.1) is 12.4 Å². The van der Waals surface area contributed by atoms with E-state index >= 15 is 0 Å². The summed E-state index contributed by atoms with van der Waals surface area (Å²) in [6, 6.07) is 7.81. The van der Waals surface area contributed by atoms with Gasteiger partial charge in [0.1, 0.15) is 0 Å². The number of unbranched alkanes of at least 4 members (excludes halogenated alkanes) is 1. The SMILES string of the molecule is CCCCN(Cc1ccccc1Cl)C(=O)CCC1CCNC1.Cl. The number of rotatable bonds is 8. The average Bonchev–Trinajstić information content (AvgIpc) is 3.04. The summed E-state index contributed by atoms with van der Waals surface area (Å²) >= 11 is 6.24. The lowest BCUT2D eigenvalue weighted by atomic mass is 10.0. The number of nitrogens with one attached hydrogen (secondary N) is 1. The van der Waals surface area contributed by atoms with Gasteiger partial charge in [-0.3, -0.25) is 4.79 Å². The van der Waals surface area contributed by atoms with Gasteiger partial charge in [-0.25, -0.2) is 0 Å². The molecule has 23 heavy (non-hydrogen) atoms. The molecule has 130 valence electrons. The van der Waals surface area contributed by atoms with Gasteiger partial charge in [-0.1, -0.05) is 43.1 Å². The van der Waals surface area contributed by atoms with Gasteiger partial charge in [0.15, 0.2) is 0 Å². The third kappa shape index (κ3) is 6.70. The Labute approximate surface area is 151 Å². The van der Waals surface area contributed by atoms with Crippen LogP contribution in [0.1, 0.15) is 44.6 Å². The maximum absolute atomic E-state index is 12.6. The van der Waals surface area contributed by atoms with E-state index in [9.17, 15) is 4.79 Å². The molecule has 1 heterocycles. The van der Waals surface area contributed by atoms with E-state index in [1.165, 1.54) is 6.42 Å². The molecule has 1 aliphatic rings. The summed E-state index contributed by atoms with van der Waals surface area (Å²) in [6.45, 7) is 5.76. The predicted octanol–water partition coefficient (Wildman–Crippen LogP) is 4.28. The van der Waals surface area contributed by atoms with Crippen LogP contribution in [0.4, 0.5) is 0 Å². The van der Waals surface area contributed by atoms with Crippen LogP contribution in [-0.4, -0.2) is 30.4 Å². The Balaban J connectivity index is 0.00000264. The molecule has 5 heteroatoms. The Morgan fingerprint density at radius 2 is 2.17 bits per heavy atom. The topological polar surface area (TPSA) is 32.3 Å². The molecule has 1 aromatic rings. The Bertz CT molecular complexity index is 476. The van der Waals surface area contributed by atoms with Crippen LogP contribution < -0.4 is 5.32 Å². The normalized spacial score (nSPS) is 16.9. The van der Waals surface area contributed by atoms with Crippen LogP contribution in [0.5, 0.6) is 0 Å². The third-order valence-corrected chi connectivity index (χ3v) is 4.75. The van der Waals surface area contributed by atoms with Crippen molar-refractivity contribution >= 4 is 29.9 Å². The zero-order valence-corrected chi connectivity index (χ0v) is 15.5. The van der Waals surface area contributed by atoms with Crippen LogP contribution in [-0.2, 0) is 11.3 Å². The van der Waals surface area contributed by atoms with Crippen molar-refractivity contribution in [2.24, 2.45) is 5.92 Å². The second kappa shape index (κ2) is 10.9. The monoisotopic (exact) mass is 358 g/mol. The molecule has 1 atom stereocenters. The van der Waals surface area contributed by atoms with E-state index in [2.05, 4.69) is 12.2 Å². The molecule has 1 saturated heterocycles. The number of amides is 1. The van der Waals surface area contributed by atoms with E-state index in [4.69, 9.17) is 11.6 Å². The van der Waals surface area contributed by atoms with Crippen LogP contribution in [0.2, 0.25) is 5.02 Å². The molecule has 0 aromatic heterocycles. The van der Waals surface area contributed by atoms with E-state index in [1.807, 2.05) is 29.2 Å². The third-order valence-electron chi connectivity index (χ3n) is 4.38. The Hall–Kier alpha value is -0.770. The molecule has 0 saturated carbocycles. The lowest BCUT2D eigenvalue weighted by Gasteiger charge is -2.24. The number of benzene rings is 1. The second-order valence-corrected chi connectivity index (χ2v) is 6.56. The van der Waals surface area contributed by atoms with Crippen molar-refractivity contribution in [1.82, 2.24) is 10.2 Å². The molecule has 1 fully saturated rings. The van der Waals surface area contributed by atoms with Crippen LogP contribution >= 0.6 is 24.0 Å². The average molecular weight is 359 g/mol. The molecule has 1 aromatic carbocycles. The number of nitrogens with zero attached hydrogens (tertiary/aromatic N) is 1. The Morgan fingerprint density at radius 3 is 2.83 bits per heavy atom. The lowest BCUT2D eigenvalue weighted by molar-refractivity contribution is -0.132. The van der Waals surface area contributed by atoms with Crippen molar-refractivity contribution in [3.05, 3.63) is 34.9 Å². The molecule has 0 spiro atoms. The summed E-state index contributed by atoms with van der Waals surface area (Å²) in [6.07, 6.45) is 4.99. The van der Waals surface area contributed by atoms with E-state index in [0.717, 1.165) is 49.5 Å². The van der Waals surface area contributed by atoms with Crippen LogP contribution in [0.3, 0.4) is 0 Å². The molecule has 3 nitrogen and oxygen atoms in total. The summed E-state index contributed by atoms with van der Waals surface area (Å²) in [4.78, 5) is 14.6. The molecule has 0 bridgehead atoms. The zero-order valence-electron chi connectivity index (χ0n) is 13.9. The zero-order chi connectivity index (χ0) is 15.8. The summed E-state index contributed by atoms with van der Waals surface area (Å²) < 4.78 is 0. The summed E-state index contributed by atoms with van der Waals surface area (Å²) in [7, 11) is 0. The standard InChI is InChI=1S/C18H27ClN2O.ClH/c1-2-3-12-21(14-16-6-4-5-7-17(16)19)18(22)9-8-15-10-11-20-13-15;/h4-7,15,20H,2-3,8-14H2,1H3;1H. The van der Waals surface area contributed by atoms with Gasteiger partial charge in [-0.05, 0) is 49.9 Å². The highest BCUT2D eigenvalue weighted by molar-refractivity contribution is 6.31. The first-order chi connectivity index (χ1) is 10.7. The smallest absolute Gasteiger partial charge is 0.222 e. The molecule has 1 aliphatic heterocycles. The molecule has 0 aliphatic carbocycles. The predicted molar refractivity (Wildman–Crippen MR) is 99.2 cm³/mol. The van der Waals surface area contributed by atoms with Crippen molar-refractivity contribution in [1.29, 1.82) is 0 Å². The van der Waals surface area contributed by atoms with Gasteiger partial charge < -0.3 is 10.2 Å². The van der Waals surface area contributed by atoms with Gasteiger partial charge in [0, 0.05) is 24.5 Å². The lowest BCUT2D eigenvalue weighted by Crippen LogP contribution is -2.32.